The SMILES string of the molecule is CC1(C)CNC(=O)C(C2CCCC2)N1. The van der Waals surface area contributed by atoms with Gasteiger partial charge in [-0.05, 0) is 32.6 Å². The lowest BCUT2D eigenvalue weighted by molar-refractivity contribution is -0.127. The van der Waals surface area contributed by atoms with Crippen molar-refractivity contribution in [1.29, 1.82) is 0 Å². The lowest BCUT2D eigenvalue weighted by Crippen LogP contribution is -2.65. The maximum atomic E-state index is 11.7. The summed E-state index contributed by atoms with van der Waals surface area (Å²) < 4.78 is 0. The second kappa shape index (κ2) is 3.54. The number of piperazine rings is 1. The van der Waals surface area contributed by atoms with Crippen molar-refractivity contribution in [3.63, 3.8) is 0 Å². The topological polar surface area (TPSA) is 41.1 Å². The molecule has 1 aliphatic carbocycles. The molecule has 1 amide bonds. The Balaban J connectivity index is 2.04. The molecule has 3 nitrogen and oxygen atoms in total. The highest BCUT2D eigenvalue weighted by molar-refractivity contribution is 5.83. The third kappa shape index (κ3) is 1.92. The van der Waals surface area contributed by atoms with Gasteiger partial charge in [0.25, 0.3) is 0 Å². The van der Waals surface area contributed by atoms with E-state index in [0.717, 1.165) is 6.54 Å². The molecule has 1 saturated carbocycles. The minimum atomic E-state index is 0.0567. The van der Waals surface area contributed by atoms with Crippen LogP contribution < -0.4 is 10.6 Å². The van der Waals surface area contributed by atoms with Gasteiger partial charge in [-0.3, -0.25) is 10.1 Å². The van der Waals surface area contributed by atoms with E-state index in [0.29, 0.717) is 5.92 Å². The molecule has 14 heavy (non-hydrogen) atoms. The average molecular weight is 196 g/mol. The van der Waals surface area contributed by atoms with Crippen LogP contribution in [0, 0.1) is 5.92 Å². The van der Waals surface area contributed by atoms with Crippen molar-refractivity contribution in [3.05, 3.63) is 0 Å². The van der Waals surface area contributed by atoms with Gasteiger partial charge >= 0.3 is 0 Å². The normalized spacial score (nSPS) is 33.0. The molecular formula is C11H20N2O. The highest BCUT2D eigenvalue weighted by Gasteiger charge is 2.38. The van der Waals surface area contributed by atoms with E-state index in [9.17, 15) is 4.79 Å². The molecule has 0 bridgehead atoms. The summed E-state index contributed by atoms with van der Waals surface area (Å²) in [6.07, 6.45) is 5.00. The minimum Gasteiger partial charge on any atom is -0.353 e. The van der Waals surface area contributed by atoms with Gasteiger partial charge in [0, 0.05) is 12.1 Å². The maximum Gasteiger partial charge on any atom is 0.237 e. The van der Waals surface area contributed by atoms with Gasteiger partial charge in [-0.1, -0.05) is 12.8 Å². The predicted molar refractivity (Wildman–Crippen MR) is 56.0 cm³/mol. The van der Waals surface area contributed by atoms with Crippen LogP contribution in [0.4, 0.5) is 0 Å². The van der Waals surface area contributed by atoms with E-state index in [-0.39, 0.29) is 17.5 Å². The molecule has 1 saturated heterocycles. The molecule has 1 unspecified atom stereocenters. The molecule has 0 aromatic carbocycles. The molecular weight excluding hydrogens is 176 g/mol. The Morgan fingerprint density at radius 2 is 1.93 bits per heavy atom. The predicted octanol–water partition coefficient (Wildman–Crippen LogP) is 1.04. The summed E-state index contributed by atoms with van der Waals surface area (Å²) in [7, 11) is 0. The van der Waals surface area contributed by atoms with E-state index < -0.39 is 0 Å². The number of rotatable bonds is 1. The van der Waals surface area contributed by atoms with Gasteiger partial charge in [0.05, 0.1) is 6.04 Å². The fourth-order valence-electron chi connectivity index (χ4n) is 2.58. The molecule has 1 heterocycles. The van der Waals surface area contributed by atoms with Crippen LogP contribution in [0.5, 0.6) is 0 Å². The van der Waals surface area contributed by atoms with Crippen LogP contribution in [0.25, 0.3) is 0 Å². The van der Waals surface area contributed by atoms with Crippen LogP contribution >= 0.6 is 0 Å². The monoisotopic (exact) mass is 196 g/mol. The number of nitrogens with one attached hydrogen (secondary N) is 2. The van der Waals surface area contributed by atoms with E-state index in [1.54, 1.807) is 0 Å². The van der Waals surface area contributed by atoms with Crippen LogP contribution in [0.3, 0.4) is 0 Å². The quantitative estimate of drug-likeness (QED) is 0.658. The molecule has 1 atom stereocenters. The summed E-state index contributed by atoms with van der Waals surface area (Å²) in [5, 5.41) is 6.47. The number of carbonyl (C=O) groups is 1. The summed E-state index contributed by atoms with van der Waals surface area (Å²) in [5.74, 6) is 0.769. The average Bonchev–Trinajstić information content (AvgIpc) is 2.62. The van der Waals surface area contributed by atoms with Crippen LogP contribution in [0.15, 0.2) is 0 Å². The lowest BCUT2D eigenvalue weighted by atomic mass is 9.91. The molecule has 2 aliphatic rings. The van der Waals surface area contributed by atoms with E-state index in [4.69, 9.17) is 0 Å². The fourth-order valence-corrected chi connectivity index (χ4v) is 2.58. The third-order valence-electron chi connectivity index (χ3n) is 3.40. The first-order valence-corrected chi connectivity index (χ1v) is 5.64. The van der Waals surface area contributed by atoms with Gasteiger partial charge in [-0.2, -0.15) is 0 Å². The zero-order valence-electron chi connectivity index (χ0n) is 9.10. The van der Waals surface area contributed by atoms with E-state index in [1.807, 2.05) is 0 Å². The Hall–Kier alpha value is -0.570. The molecule has 0 aromatic rings. The Labute approximate surface area is 85.6 Å². The van der Waals surface area contributed by atoms with Gasteiger partial charge in [-0.15, -0.1) is 0 Å². The Bertz CT molecular complexity index is 231. The fraction of sp³-hybridized carbons (Fsp3) is 0.909. The van der Waals surface area contributed by atoms with Crippen molar-refractivity contribution in [2.45, 2.75) is 51.1 Å². The number of amides is 1. The first-order chi connectivity index (χ1) is 6.58. The number of hydrogen-bond donors (Lipinski definition) is 2. The van der Waals surface area contributed by atoms with Gasteiger partial charge in [0.15, 0.2) is 0 Å². The molecule has 0 radical (unpaired) electrons. The molecule has 2 N–H and O–H groups in total. The molecule has 0 aromatic heterocycles. The largest absolute Gasteiger partial charge is 0.353 e. The third-order valence-corrected chi connectivity index (χ3v) is 3.40. The van der Waals surface area contributed by atoms with Crippen LogP contribution in [-0.4, -0.2) is 24.0 Å². The van der Waals surface area contributed by atoms with Crippen LogP contribution in [-0.2, 0) is 4.79 Å². The van der Waals surface area contributed by atoms with Crippen molar-refractivity contribution in [3.8, 4) is 0 Å². The van der Waals surface area contributed by atoms with Crippen molar-refractivity contribution >= 4 is 5.91 Å². The summed E-state index contributed by atoms with van der Waals surface area (Å²) in [6, 6.07) is 0.0567. The van der Waals surface area contributed by atoms with Crippen molar-refractivity contribution in [2.75, 3.05) is 6.54 Å². The number of hydrogen-bond acceptors (Lipinski definition) is 2. The molecule has 2 fully saturated rings. The minimum absolute atomic E-state index is 0.0567. The second-order valence-electron chi connectivity index (χ2n) is 5.27. The smallest absolute Gasteiger partial charge is 0.237 e. The van der Waals surface area contributed by atoms with Gasteiger partial charge in [0.2, 0.25) is 5.91 Å². The summed E-state index contributed by atoms with van der Waals surface area (Å²) >= 11 is 0. The summed E-state index contributed by atoms with van der Waals surface area (Å²) in [6.45, 7) is 5.04. The van der Waals surface area contributed by atoms with E-state index in [1.165, 1.54) is 25.7 Å². The van der Waals surface area contributed by atoms with Crippen LogP contribution in [0.2, 0.25) is 0 Å². The number of carbonyl (C=O) groups excluding carboxylic acids is 1. The Morgan fingerprint density at radius 1 is 1.29 bits per heavy atom. The highest BCUT2D eigenvalue weighted by atomic mass is 16.2. The first kappa shape index (κ1) is 9.97. The van der Waals surface area contributed by atoms with E-state index in [2.05, 4.69) is 24.5 Å². The second-order valence-corrected chi connectivity index (χ2v) is 5.27. The first-order valence-electron chi connectivity index (χ1n) is 5.64. The van der Waals surface area contributed by atoms with Crippen molar-refractivity contribution in [1.82, 2.24) is 10.6 Å². The Kier molecular flexibility index (Phi) is 2.52. The van der Waals surface area contributed by atoms with Gasteiger partial charge in [-0.25, -0.2) is 0 Å². The zero-order valence-corrected chi connectivity index (χ0v) is 9.10. The maximum absolute atomic E-state index is 11.7. The Morgan fingerprint density at radius 3 is 2.57 bits per heavy atom. The summed E-state index contributed by atoms with van der Waals surface area (Å²) in [4.78, 5) is 11.7. The van der Waals surface area contributed by atoms with Crippen molar-refractivity contribution < 1.29 is 4.79 Å². The molecule has 3 heteroatoms. The molecule has 80 valence electrons. The lowest BCUT2D eigenvalue weighted by Gasteiger charge is -2.39. The van der Waals surface area contributed by atoms with Crippen molar-refractivity contribution in [2.24, 2.45) is 5.92 Å². The van der Waals surface area contributed by atoms with Gasteiger partial charge in [0.1, 0.15) is 0 Å². The molecule has 1 aliphatic heterocycles. The highest BCUT2D eigenvalue weighted by Crippen LogP contribution is 2.29. The van der Waals surface area contributed by atoms with Crippen LogP contribution in [0.1, 0.15) is 39.5 Å². The van der Waals surface area contributed by atoms with Gasteiger partial charge < -0.3 is 5.32 Å². The molecule has 2 rings (SSSR count). The standard InChI is InChI=1S/C11H20N2O/c1-11(2)7-12-10(14)9(13-11)8-5-3-4-6-8/h8-9,13H,3-7H2,1-2H3,(H,12,14). The molecule has 0 spiro atoms. The van der Waals surface area contributed by atoms with E-state index >= 15 is 0 Å². The summed E-state index contributed by atoms with van der Waals surface area (Å²) in [5.41, 5.74) is 0.0567. The zero-order chi connectivity index (χ0) is 10.2.